The maximum Gasteiger partial charge on any atom is 0.389 e. The van der Waals surface area contributed by atoms with Gasteiger partial charge in [0, 0.05) is 23.9 Å². The molecule has 0 saturated heterocycles. The highest BCUT2D eigenvalue weighted by Crippen LogP contribution is 2.23. The summed E-state index contributed by atoms with van der Waals surface area (Å²) in [6, 6.07) is 17.8. The average molecular weight is 587 g/mol. The molecule has 0 amide bonds. The lowest BCUT2D eigenvalue weighted by molar-refractivity contribution is -0.136. The van der Waals surface area contributed by atoms with Crippen molar-refractivity contribution in [1.29, 1.82) is 0 Å². The molecule has 8 nitrogen and oxygen atoms in total. The van der Waals surface area contributed by atoms with Crippen LogP contribution in [0.1, 0.15) is 48.0 Å². The summed E-state index contributed by atoms with van der Waals surface area (Å²) in [4.78, 5) is 24.2. The summed E-state index contributed by atoms with van der Waals surface area (Å²) in [7, 11) is 0. The highest BCUT2D eigenvalue weighted by atomic mass is 19.4. The molecular formula is C31H33F3N2O6. The van der Waals surface area contributed by atoms with Crippen molar-refractivity contribution < 1.29 is 41.7 Å². The molecule has 0 fully saturated rings. The predicted octanol–water partition coefficient (Wildman–Crippen LogP) is 6.60. The molecule has 0 heterocycles. The first-order valence-electron chi connectivity index (χ1n) is 13.3. The van der Waals surface area contributed by atoms with Crippen molar-refractivity contribution in [2.24, 2.45) is 0 Å². The van der Waals surface area contributed by atoms with Crippen LogP contribution in [0.5, 0.6) is 17.2 Å². The van der Waals surface area contributed by atoms with E-state index in [2.05, 4.69) is 0 Å². The summed E-state index contributed by atoms with van der Waals surface area (Å²) >= 11 is 0. The third-order valence-corrected chi connectivity index (χ3v) is 5.71. The molecular weight excluding hydrogens is 553 g/mol. The number of nitrogens with two attached hydrogens (primary N) is 2. The number of ether oxygens (including phenoxy) is 4. The Morgan fingerprint density at radius 2 is 1.26 bits per heavy atom. The van der Waals surface area contributed by atoms with Gasteiger partial charge in [-0.3, -0.25) is 0 Å². The fourth-order valence-electron chi connectivity index (χ4n) is 3.67. The molecule has 0 saturated carbocycles. The van der Waals surface area contributed by atoms with Gasteiger partial charge in [-0.25, -0.2) is 9.59 Å². The average Bonchev–Trinajstić information content (AvgIpc) is 2.94. The molecule has 0 aliphatic heterocycles. The number of anilines is 2. The zero-order valence-corrected chi connectivity index (χ0v) is 22.9. The molecule has 3 aromatic rings. The molecule has 42 heavy (non-hydrogen) atoms. The molecule has 0 bridgehead atoms. The Morgan fingerprint density at radius 3 is 1.88 bits per heavy atom. The first kappa shape index (κ1) is 31.9. The van der Waals surface area contributed by atoms with Crippen LogP contribution in [0.25, 0.3) is 6.08 Å². The Balaban J connectivity index is 1.29. The second-order valence-electron chi connectivity index (χ2n) is 9.30. The van der Waals surface area contributed by atoms with Crippen molar-refractivity contribution in [3.8, 4) is 17.2 Å². The summed E-state index contributed by atoms with van der Waals surface area (Å²) in [5.74, 6) is 0.297. The summed E-state index contributed by atoms with van der Waals surface area (Å²) in [5.41, 5.74) is 13.3. The molecule has 0 unspecified atom stereocenters. The summed E-state index contributed by atoms with van der Waals surface area (Å²) in [6.45, 7) is 0.719. The van der Waals surface area contributed by atoms with E-state index in [1.165, 1.54) is 42.5 Å². The third kappa shape index (κ3) is 12.2. The minimum atomic E-state index is -4.20. The standard InChI is InChI=1S/C31H33F3N2O6/c32-31(33,34)15-4-18-40-27-10-12-28(13-11-27)42-29(37)14-7-22-5-8-26(9-6-22)39-16-2-1-3-17-41-30(38)23-19-24(35)21-25(36)20-23/h5-14,19-21H,1-4,15-18,35-36H2. The number of hydrogen-bond acceptors (Lipinski definition) is 8. The molecule has 3 aromatic carbocycles. The van der Waals surface area contributed by atoms with Crippen molar-refractivity contribution in [1.82, 2.24) is 0 Å². The number of rotatable bonds is 15. The molecule has 0 aliphatic carbocycles. The van der Waals surface area contributed by atoms with Gasteiger partial charge in [-0.05, 0) is 91.9 Å². The van der Waals surface area contributed by atoms with Gasteiger partial charge in [-0.2, -0.15) is 13.2 Å². The zero-order valence-electron chi connectivity index (χ0n) is 22.9. The van der Waals surface area contributed by atoms with E-state index in [9.17, 15) is 22.8 Å². The SMILES string of the molecule is Nc1cc(N)cc(C(=O)OCCCCCOc2ccc(C=CC(=O)Oc3ccc(OCCCC(F)(F)F)cc3)cc2)c1. The van der Waals surface area contributed by atoms with E-state index in [-0.39, 0.29) is 25.4 Å². The van der Waals surface area contributed by atoms with Gasteiger partial charge in [0.2, 0.25) is 0 Å². The summed E-state index contributed by atoms with van der Waals surface area (Å²) in [5, 5.41) is 0. The number of carbonyl (C=O) groups excluding carboxylic acids is 2. The molecule has 4 N–H and O–H groups in total. The lowest BCUT2D eigenvalue weighted by atomic mass is 10.2. The second kappa shape index (κ2) is 15.9. The molecule has 0 atom stereocenters. The number of halogens is 3. The van der Waals surface area contributed by atoms with Gasteiger partial charge in [0.25, 0.3) is 0 Å². The first-order valence-corrected chi connectivity index (χ1v) is 13.3. The first-order chi connectivity index (χ1) is 20.1. The number of benzene rings is 3. The molecule has 0 spiro atoms. The highest BCUT2D eigenvalue weighted by Gasteiger charge is 2.26. The van der Waals surface area contributed by atoms with Gasteiger partial charge < -0.3 is 30.4 Å². The van der Waals surface area contributed by atoms with Gasteiger partial charge in [0.05, 0.1) is 25.4 Å². The van der Waals surface area contributed by atoms with E-state index in [1.807, 2.05) is 0 Å². The van der Waals surface area contributed by atoms with Gasteiger partial charge in [0.15, 0.2) is 0 Å². The lowest BCUT2D eigenvalue weighted by Gasteiger charge is -2.08. The van der Waals surface area contributed by atoms with Crippen LogP contribution in [0.3, 0.4) is 0 Å². The van der Waals surface area contributed by atoms with Crippen molar-refractivity contribution in [2.45, 2.75) is 38.3 Å². The summed E-state index contributed by atoms with van der Waals surface area (Å²) in [6.07, 6.45) is -0.0813. The van der Waals surface area contributed by atoms with Crippen LogP contribution < -0.4 is 25.7 Å². The van der Waals surface area contributed by atoms with Crippen LogP contribution >= 0.6 is 0 Å². The maximum atomic E-state index is 12.2. The molecule has 3 rings (SSSR count). The third-order valence-electron chi connectivity index (χ3n) is 5.71. The Morgan fingerprint density at radius 1 is 0.714 bits per heavy atom. The molecule has 11 heteroatoms. The van der Waals surface area contributed by atoms with Crippen LogP contribution in [0.2, 0.25) is 0 Å². The molecule has 0 aliphatic rings. The van der Waals surface area contributed by atoms with Gasteiger partial charge in [-0.1, -0.05) is 12.1 Å². The van der Waals surface area contributed by atoms with Crippen LogP contribution in [-0.4, -0.2) is 37.9 Å². The van der Waals surface area contributed by atoms with Gasteiger partial charge in [0.1, 0.15) is 17.2 Å². The van der Waals surface area contributed by atoms with E-state index in [4.69, 9.17) is 30.4 Å². The van der Waals surface area contributed by atoms with Crippen molar-refractivity contribution in [3.63, 3.8) is 0 Å². The number of hydrogen-bond donors (Lipinski definition) is 2. The number of alkyl halides is 3. The van der Waals surface area contributed by atoms with E-state index < -0.39 is 24.5 Å². The van der Waals surface area contributed by atoms with Gasteiger partial charge in [-0.15, -0.1) is 0 Å². The van der Waals surface area contributed by atoms with Gasteiger partial charge >= 0.3 is 18.1 Å². The van der Waals surface area contributed by atoms with E-state index >= 15 is 0 Å². The predicted molar refractivity (Wildman–Crippen MR) is 153 cm³/mol. The van der Waals surface area contributed by atoms with E-state index in [0.29, 0.717) is 41.5 Å². The molecule has 0 aromatic heterocycles. The fourth-order valence-corrected chi connectivity index (χ4v) is 3.67. The number of unbranched alkanes of at least 4 members (excludes halogenated alkanes) is 2. The largest absolute Gasteiger partial charge is 0.494 e. The van der Waals surface area contributed by atoms with E-state index in [0.717, 1.165) is 18.4 Å². The molecule has 0 radical (unpaired) electrons. The number of esters is 2. The second-order valence-corrected chi connectivity index (χ2v) is 9.30. The van der Waals surface area contributed by atoms with E-state index in [1.54, 1.807) is 36.4 Å². The monoisotopic (exact) mass is 586 g/mol. The van der Waals surface area contributed by atoms with Crippen LogP contribution in [0.15, 0.2) is 72.8 Å². The fraction of sp³-hybridized carbons (Fsp3) is 0.290. The zero-order chi connectivity index (χ0) is 30.4. The van der Waals surface area contributed by atoms with Crippen molar-refractivity contribution in [3.05, 3.63) is 83.9 Å². The lowest BCUT2D eigenvalue weighted by Crippen LogP contribution is -2.09. The Kier molecular flexibility index (Phi) is 12.1. The number of carbonyl (C=O) groups is 2. The van der Waals surface area contributed by atoms with Crippen LogP contribution in [-0.2, 0) is 9.53 Å². The smallest absolute Gasteiger partial charge is 0.389 e. The van der Waals surface area contributed by atoms with Crippen LogP contribution in [0.4, 0.5) is 24.5 Å². The normalized spacial score (nSPS) is 11.3. The number of nitrogen functional groups attached to an aromatic ring is 2. The topological polar surface area (TPSA) is 123 Å². The Labute approximate surface area is 242 Å². The Bertz CT molecular complexity index is 1310. The van der Waals surface area contributed by atoms with Crippen molar-refractivity contribution in [2.75, 3.05) is 31.3 Å². The maximum absolute atomic E-state index is 12.2. The minimum Gasteiger partial charge on any atom is -0.494 e. The Hall–Kier alpha value is -4.67. The quantitative estimate of drug-likeness (QED) is 0.0672. The van der Waals surface area contributed by atoms with Crippen molar-refractivity contribution >= 4 is 29.4 Å². The minimum absolute atomic E-state index is 0.0625. The molecule has 224 valence electrons. The highest BCUT2D eigenvalue weighted by molar-refractivity contribution is 5.91. The summed E-state index contributed by atoms with van der Waals surface area (Å²) < 4.78 is 58.0. The van der Waals surface area contributed by atoms with Crippen LogP contribution in [0, 0.1) is 0 Å².